The molecule has 5 heterocycles. The molecule has 0 unspecified atom stereocenters. The summed E-state index contributed by atoms with van der Waals surface area (Å²) in [4.78, 5) is 28.1. The molecule has 156 valence electrons. The first kappa shape index (κ1) is 20.1. The van der Waals surface area contributed by atoms with Crippen molar-refractivity contribution in [3.8, 4) is 21.8 Å². The van der Waals surface area contributed by atoms with Crippen molar-refractivity contribution in [1.82, 2.24) is 24.7 Å². The molecule has 0 aliphatic rings. The number of fused-ring (bicyclic) bond motifs is 1. The van der Waals surface area contributed by atoms with E-state index in [1.807, 2.05) is 35.0 Å². The normalized spacial score (nSPS) is 11.4. The van der Waals surface area contributed by atoms with E-state index in [0.717, 1.165) is 38.2 Å². The Hall–Kier alpha value is -2.82. The molecule has 5 rings (SSSR count). The van der Waals surface area contributed by atoms with Crippen LogP contribution in [0.15, 0.2) is 61.9 Å². The van der Waals surface area contributed by atoms with Gasteiger partial charge in [-0.05, 0) is 30.0 Å². The number of aromatic nitrogens is 5. The van der Waals surface area contributed by atoms with Gasteiger partial charge in [-0.15, -0.1) is 22.7 Å². The first-order valence-corrected chi connectivity index (χ1v) is 12.3. The van der Waals surface area contributed by atoms with Gasteiger partial charge in [-0.25, -0.2) is 4.98 Å². The molecule has 0 saturated heterocycles. The summed E-state index contributed by atoms with van der Waals surface area (Å²) >= 11 is 4.72. The molecule has 10 heteroatoms. The second kappa shape index (κ2) is 8.74. The second-order valence-electron chi connectivity index (χ2n) is 6.77. The molecule has 31 heavy (non-hydrogen) atoms. The van der Waals surface area contributed by atoms with Gasteiger partial charge in [-0.2, -0.15) is 4.98 Å². The van der Waals surface area contributed by atoms with Crippen LogP contribution in [0.25, 0.3) is 32.0 Å². The molecular formula is C21H17N5O2S3. The highest BCUT2D eigenvalue weighted by Crippen LogP contribution is 2.34. The third kappa shape index (κ3) is 4.06. The summed E-state index contributed by atoms with van der Waals surface area (Å²) in [5, 5.41) is 9.50. The van der Waals surface area contributed by atoms with E-state index < -0.39 is 0 Å². The average Bonchev–Trinajstić information content (AvgIpc) is 3.55. The van der Waals surface area contributed by atoms with Crippen molar-refractivity contribution in [3.05, 3.63) is 63.7 Å². The zero-order valence-electron chi connectivity index (χ0n) is 16.5. The first-order valence-electron chi connectivity index (χ1n) is 9.58. The van der Waals surface area contributed by atoms with Gasteiger partial charge < -0.3 is 4.52 Å². The van der Waals surface area contributed by atoms with Gasteiger partial charge in [0.25, 0.3) is 5.56 Å². The van der Waals surface area contributed by atoms with Gasteiger partial charge in [0.15, 0.2) is 5.16 Å². The van der Waals surface area contributed by atoms with E-state index in [-0.39, 0.29) is 5.56 Å². The SMILES string of the molecule is Cn1c(SCCCc2nc(-c3ccncc3)no2)nc2scc(-c3cccs3)c2c1=O. The van der Waals surface area contributed by atoms with E-state index in [0.29, 0.717) is 23.5 Å². The van der Waals surface area contributed by atoms with Gasteiger partial charge in [0.05, 0.1) is 5.39 Å². The Balaban J connectivity index is 1.26. The van der Waals surface area contributed by atoms with Crippen molar-refractivity contribution in [1.29, 1.82) is 0 Å². The summed E-state index contributed by atoms with van der Waals surface area (Å²) < 4.78 is 6.99. The number of hydrogen-bond acceptors (Lipinski definition) is 9. The molecule has 5 aromatic rings. The van der Waals surface area contributed by atoms with Gasteiger partial charge >= 0.3 is 0 Å². The highest BCUT2D eigenvalue weighted by Gasteiger charge is 2.16. The molecule has 0 spiro atoms. The van der Waals surface area contributed by atoms with E-state index in [4.69, 9.17) is 9.51 Å². The smallest absolute Gasteiger partial charge is 0.263 e. The Labute approximate surface area is 189 Å². The van der Waals surface area contributed by atoms with Crippen LogP contribution in [-0.4, -0.2) is 30.4 Å². The maximum absolute atomic E-state index is 13.0. The summed E-state index contributed by atoms with van der Waals surface area (Å²) in [5.74, 6) is 1.96. The number of hydrogen-bond donors (Lipinski definition) is 0. The first-order chi connectivity index (χ1) is 15.2. The number of thiophene rings is 2. The van der Waals surface area contributed by atoms with Crippen LogP contribution in [-0.2, 0) is 13.5 Å². The molecule has 0 bridgehead atoms. The molecule has 0 aliphatic carbocycles. The fraction of sp³-hybridized carbons (Fsp3) is 0.190. The molecule has 0 radical (unpaired) electrons. The lowest BCUT2D eigenvalue weighted by molar-refractivity contribution is 0.378. The monoisotopic (exact) mass is 467 g/mol. The molecule has 0 aliphatic heterocycles. The van der Waals surface area contributed by atoms with Crippen LogP contribution in [0.4, 0.5) is 0 Å². The maximum Gasteiger partial charge on any atom is 0.263 e. The topological polar surface area (TPSA) is 86.7 Å². The zero-order valence-corrected chi connectivity index (χ0v) is 19.0. The number of aryl methyl sites for hydroxylation is 1. The van der Waals surface area contributed by atoms with Gasteiger partial charge in [-0.1, -0.05) is 23.0 Å². The largest absolute Gasteiger partial charge is 0.339 e. The molecule has 0 aromatic carbocycles. The van der Waals surface area contributed by atoms with Crippen molar-refractivity contribution in [2.45, 2.75) is 18.0 Å². The lowest BCUT2D eigenvalue weighted by atomic mass is 10.2. The number of nitrogens with zero attached hydrogens (tertiary/aromatic N) is 5. The minimum atomic E-state index is -0.00366. The highest BCUT2D eigenvalue weighted by atomic mass is 32.2. The van der Waals surface area contributed by atoms with E-state index in [1.165, 1.54) is 11.3 Å². The molecule has 0 N–H and O–H groups in total. The predicted octanol–water partition coefficient (Wildman–Crippen LogP) is 4.89. The zero-order chi connectivity index (χ0) is 21.2. The quantitative estimate of drug-likeness (QED) is 0.191. The number of thioether (sulfide) groups is 1. The van der Waals surface area contributed by atoms with Crippen LogP contribution in [0.3, 0.4) is 0 Å². The number of pyridine rings is 1. The van der Waals surface area contributed by atoms with Crippen LogP contribution < -0.4 is 5.56 Å². The lowest BCUT2D eigenvalue weighted by Gasteiger charge is -2.07. The molecule has 0 saturated carbocycles. The van der Waals surface area contributed by atoms with E-state index in [1.54, 1.807) is 47.1 Å². The van der Waals surface area contributed by atoms with Gasteiger partial charge in [0.1, 0.15) is 4.83 Å². The van der Waals surface area contributed by atoms with Crippen LogP contribution in [0.2, 0.25) is 0 Å². The Morgan fingerprint density at radius 2 is 2.03 bits per heavy atom. The Morgan fingerprint density at radius 1 is 1.16 bits per heavy atom. The second-order valence-corrected chi connectivity index (χ2v) is 9.63. The molecule has 7 nitrogen and oxygen atoms in total. The number of rotatable bonds is 7. The van der Waals surface area contributed by atoms with Crippen LogP contribution in [0.5, 0.6) is 0 Å². The van der Waals surface area contributed by atoms with Gasteiger partial charge in [0, 0.05) is 53.0 Å². The third-order valence-corrected chi connectivity index (χ3v) is 7.63. The molecule has 0 atom stereocenters. The van der Waals surface area contributed by atoms with E-state index in [2.05, 4.69) is 15.1 Å². The van der Waals surface area contributed by atoms with Gasteiger partial charge in [0.2, 0.25) is 11.7 Å². The Bertz CT molecular complexity index is 1370. The minimum absolute atomic E-state index is 0.00366. The molecule has 5 aromatic heterocycles. The average molecular weight is 468 g/mol. The van der Waals surface area contributed by atoms with Crippen LogP contribution in [0, 0.1) is 0 Å². The summed E-state index contributed by atoms with van der Waals surface area (Å²) in [6.07, 6.45) is 4.91. The maximum atomic E-state index is 13.0. The highest BCUT2D eigenvalue weighted by molar-refractivity contribution is 7.99. The van der Waals surface area contributed by atoms with Crippen LogP contribution in [0.1, 0.15) is 12.3 Å². The fourth-order valence-corrected chi connectivity index (χ4v) is 5.87. The molecule has 0 fully saturated rings. The summed E-state index contributed by atoms with van der Waals surface area (Å²) in [6.45, 7) is 0. The van der Waals surface area contributed by atoms with Crippen LogP contribution >= 0.6 is 34.4 Å². The summed E-state index contributed by atoms with van der Waals surface area (Å²) in [7, 11) is 1.78. The van der Waals surface area contributed by atoms with E-state index in [9.17, 15) is 4.79 Å². The molecular weight excluding hydrogens is 450 g/mol. The van der Waals surface area contributed by atoms with Crippen molar-refractivity contribution in [2.75, 3.05) is 5.75 Å². The Kier molecular flexibility index (Phi) is 5.66. The van der Waals surface area contributed by atoms with Crippen molar-refractivity contribution < 1.29 is 4.52 Å². The van der Waals surface area contributed by atoms with Crippen molar-refractivity contribution in [3.63, 3.8) is 0 Å². The lowest BCUT2D eigenvalue weighted by Crippen LogP contribution is -2.19. The predicted molar refractivity (Wildman–Crippen MR) is 125 cm³/mol. The summed E-state index contributed by atoms with van der Waals surface area (Å²) in [6, 6.07) is 7.73. The van der Waals surface area contributed by atoms with Crippen molar-refractivity contribution >= 4 is 44.7 Å². The third-order valence-electron chi connectivity index (χ3n) is 4.73. The molecule has 0 amide bonds. The Morgan fingerprint density at radius 3 is 2.84 bits per heavy atom. The fourth-order valence-electron chi connectivity index (χ4n) is 3.16. The van der Waals surface area contributed by atoms with Crippen molar-refractivity contribution in [2.24, 2.45) is 7.05 Å². The van der Waals surface area contributed by atoms with E-state index >= 15 is 0 Å². The van der Waals surface area contributed by atoms with Gasteiger partial charge in [-0.3, -0.25) is 14.3 Å². The summed E-state index contributed by atoms with van der Waals surface area (Å²) in [5.41, 5.74) is 1.85. The standard InChI is InChI=1S/C21H17N5O2S3/c1-26-20(27)17-14(15-4-2-10-29-15)12-31-19(17)24-21(26)30-11-3-5-16-23-18(25-28-16)13-6-8-22-9-7-13/h2,4,6-10,12H,3,5,11H2,1H3. The minimum Gasteiger partial charge on any atom is -0.339 e.